The second-order valence-corrected chi connectivity index (χ2v) is 3.11. The van der Waals surface area contributed by atoms with Crippen molar-refractivity contribution in [1.82, 2.24) is 4.90 Å². The second kappa shape index (κ2) is 7.74. The van der Waals surface area contributed by atoms with Crippen molar-refractivity contribution in [3.05, 3.63) is 0 Å². The van der Waals surface area contributed by atoms with E-state index in [4.69, 9.17) is 11.6 Å². The molecule has 0 aromatic rings. The van der Waals surface area contributed by atoms with Crippen molar-refractivity contribution in [1.29, 1.82) is 0 Å². The van der Waals surface area contributed by atoms with Gasteiger partial charge in [0.05, 0.1) is 6.54 Å². The van der Waals surface area contributed by atoms with E-state index in [1.54, 1.807) is 4.90 Å². The zero-order valence-corrected chi connectivity index (χ0v) is 8.16. The predicted octanol–water partition coefficient (Wildman–Crippen LogP) is 2.59. The summed E-state index contributed by atoms with van der Waals surface area (Å²) in [5, 5.41) is 0. The summed E-state index contributed by atoms with van der Waals surface area (Å²) in [6, 6.07) is 0. The fraction of sp³-hybridized carbons (Fsp3) is 1.00. The Bertz CT molecular complexity index is 101. The molecule has 0 spiro atoms. The number of nitrogens with zero attached hydrogens (tertiary/aromatic N) is 1. The molecule has 0 amide bonds. The van der Waals surface area contributed by atoms with E-state index in [2.05, 4.69) is 0 Å². The minimum atomic E-state index is -2.25. The Hall–Kier alpha value is 0.110. The molecule has 1 nitrogen and oxygen atoms in total. The third kappa shape index (κ3) is 6.80. The lowest BCUT2D eigenvalue weighted by Gasteiger charge is -2.19. The maximum absolute atomic E-state index is 12.0. The molecule has 0 aliphatic carbocycles. The molecule has 0 bridgehead atoms. The number of unbranched alkanes of at least 4 members (excludes halogenated alkanes) is 1. The molecule has 0 aromatic heterocycles. The number of rotatable bonds is 7. The highest BCUT2D eigenvalue weighted by Gasteiger charge is 2.10. The maximum Gasteiger partial charge on any atom is 0.251 e. The van der Waals surface area contributed by atoms with Crippen LogP contribution in [-0.2, 0) is 0 Å². The first-order valence-electron chi connectivity index (χ1n) is 4.27. The minimum Gasteiger partial charge on any atom is -0.297 e. The van der Waals surface area contributed by atoms with Crippen LogP contribution in [0, 0.1) is 0 Å². The Morgan fingerprint density at radius 3 is 2.42 bits per heavy atom. The molecule has 0 radical (unpaired) electrons. The van der Waals surface area contributed by atoms with E-state index in [0.717, 1.165) is 19.4 Å². The highest BCUT2D eigenvalue weighted by Crippen LogP contribution is 2.01. The van der Waals surface area contributed by atoms with Crippen molar-refractivity contribution in [2.45, 2.75) is 26.2 Å². The number of hydrogen-bond acceptors (Lipinski definition) is 1. The first-order chi connectivity index (χ1) is 5.70. The summed E-state index contributed by atoms with van der Waals surface area (Å²) < 4.78 is 23.9. The van der Waals surface area contributed by atoms with E-state index in [9.17, 15) is 8.78 Å². The first-order valence-corrected chi connectivity index (χ1v) is 4.80. The molecule has 0 N–H and O–H groups in total. The average Bonchev–Trinajstić information content (AvgIpc) is 2.00. The highest BCUT2D eigenvalue weighted by molar-refractivity contribution is 6.18. The number of hydrogen-bond donors (Lipinski definition) is 0. The van der Waals surface area contributed by atoms with Crippen LogP contribution in [0.5, 0.6) is 0 Å². The topological polar surface area (TPSA) is 3.24 Å². The Morgan fingerprint density at radius 1 is 1.33 bits per heavy atom. The van der Waals surface area contributed by atoms with Gasteiger partial charge in [-0.1, -0.05) is 13.3 Å². The molecule has 0 heterocycles. The fourth-order valence-electron chi connectivity index (χ4n) is 0.991. The van der Waals surface area contributed by atoms with Crippen molar-refractivity contribution in [2.75, 3.05) is 25.5 Å². The van der Waals surface area contributed by atoms with Gasteiger partial charge in [0, 0.05) is 12.4 Å². The average molecular weight is 200 g/mol. The van der Waals surface area contributed by atoms with Crippen LogP contribution in [0.25, 0.3) is 0 Å². The van der Waals surface area contributed by atoms with Gasteiger partial charge in [-0.3, -0.25) is 4.90 Å². The van der Waals surface area contributed by atoms with E-state index in [1.807, 2.05) is 6.92 Å². The van der Waals surface area contributed by atoms with Crippen molar-refractivity contribution < 1.29 is 8.78 Å². The molecule has 0 saturated carbocycles. The summed E-state index contributed by atoms with van der Waals surface area (Å²) >= 11 is 5.47. The molecular weight excluding hydrogens is 184 g/mol. The van der Waals surface area contributed by atoms with E-state index < -0.39 is 6.43 Å². The molecule has 0 unspecified atom stereocenters. The van der Waals surface area contributed by atoms with Gasteiger partial charge >= 0.3 is 0 Å². The molecule has 0 aromatic carbocycles. The summed E-state index contributed by atoms with van der Waals surface area (Å²) in [6.45, 7) is 3.19. The Kier molecular flexibility index (Phi) is 7.81. The van der Waals surface area contributed by atoms with E-state index >= 15 is 0 Å². The zero-order chi connectivity index (χ0) is 9.40. The molecular formula is C8H16ClF2N. The van der Waals surface area contributed by atoms with Gasteiger partial charge in [0.15, 0.2) is 0 Å². The first kappa shape index (κ1) is 12.1. The Balaban J connectivity index is 3.54. The Labute approximate surface area is 77.7 Å². The number of halogens is 3. The normalized spacial score (nSPS) is 11.5. The van der Waals surface area contributed by atoms with Crippen LogP contribution in [0.2, 0.25) is 0 Å². The van der Waals surface area contributed by atoms with Crippen LogP contribution in [0.15, 0.2) is 0 Å². The van der Waals surface area contributed by atoms with Crippen molar-refractivity contribution in [3.8, 4) is 0 Å². The molecule has 0 aliphatic heterocycles. The van der Waals surface area contributed by atoms with Crippen molar-refractivity contribution in [3.63, 3.8) is 0 Å². The third-order valence-electron chi connectivity index (χ3n) is 1.62. The molecule has 0 saturated heterocycles. The minimum absolute atomic E-state index is 0.146. The summed E-state index contributed by atoms with van der Waals surface area (Å²) in [6.07, 6.45) is -0.254. The van der Waals surface area contributed by atoms with Crippen LogP contribution in [0.3, 0.4) is 0 Å². The van der Waals surface area contributed by atoms with Crippen LogP contribution < -0.4 is 0 Å². The number of alkyl halides is 3. The second-order valence-electron chi connectivity index (χ2n) is 2.73. The van der Waals surface area contributed by atoms with Gasteiger partial charge in [0.1, 0.15) is 0 Å². The van der Waals surface area contributed by atoms with Crippen molar-refractivity contribution in [2.24, 2.45) is 0 Å². The third-order valence-corrected chi connectivity index (χ3v) is 1.79. The fourth-order valence-corrected chi connectivity index (χ4v) is 1.23. The van der Waals surface area contributed by atoms with Gasteiger partial charge in [-0.15, -0.1) is 11.6 Å². The van der Waals surface area contributed by atoms with Crippen LogP contribution >= 0.6 is 11.6 Å². The monoisotopic (exact) mass is 199 g/mol. The smallest absolute Gasteiger partial charge is 0.251 e. The highest BCUT2D eigenvalue weighted by atomic mass is 35.5. The maximum atomic E-state index is 12.0. The zero-order valence-electron chi connectivity index (χ0n) is 7.40. The standard InChI is InChI=1S/C8H16ClF2N/c1-2-3-5-12(6-4-9)7-8(10)11/h8H,2-7H2,1H3. The quantitative estimate of drug-likeness (QED) is 0.570. The predicted molar refractivity (Wildman–Crippen MR) is 48.1 cm³/mol. The summed E-state index contributed by atoms with van der Waals surface area (Å²) in [7, 11) is 0. The molecule has 12 heavy (non-hydrogen) atoms. The molecule has 0 fully saturated rings. The lowest BCUT2D eigenvalue weighted by molar-refractivity contribution is 0.0905. The van der Waals surface area contributed by atoms with E-state index in [1.165, 1.54) is 0 Å². The largest absolute Gasteiger partial charge is 0.297 e. The van der Waals surface area contributed by atoms with Crippen LogP contribution in [-0.4, -0.2) is 36.8 Å². The molecule has 0 aliphatic rings. The van der Waals surface area contributed by atoms with Crippen molar-refractivity contribution >= 4 is 11.6 Å². The lowest BCUT2D eigenvalue weighted by atomic mass is 10.3. The van der Waals surface area contributed by atoms with Crippen LogP contribution in [0.1, 0.15) is 19.8 Å². The molecule has 4 heteroatoms. The molecule has 74 valence electrons. The van der Waals surface area contributed by atoms with Gasteiger partial charge in [-0.25, -0.2) is 8.78 Å². The molecule has 0 rings (SSSR count). The van der Waals surface area contributed by atoms with Gasteiger partial charge in [-0.2, -0.15) is 0 Å². The van der Waals surface area contributed by atoms with Gasteiger partial charge < -0.3 is 0 Å². The van der Waals surface area contributed by atoms with Crippen LogP contribution in [0.4, 0.5) is 8.78 Å². The van der Waals surface area contributed by atoms with E-state index in [0.29, 0.717) is 12.4 Å². The SMILES string of the molecule is CCCCN(CCCl)CC(F)F. The molecule has 0 atom stereocenters. The lowest BCUT2D eigenvalue weighted by Crippen LogP contribution is -2.31. The summed E-state index contributed by atoms with van der Waals surface area (Å²) in [5.74, 6) is 0.427. The van der Waals surface area contributed by atoms with E-state index in [-0.39, 0.29) is 6.54 Å². The van der Waals surface area contributed by atoms with Gasteiger partial charge in [-0.05, 0) is 13.0 Å². The summed E-state index contributed by atoms with van der Waals surface area (Å²) in [4.78, 5) is 1.71. The Morgan fingerprint density at radius 2 is 2.00 bits per heavy atom. The van der Waals surface area contributed by atoms with Gasteiger partial charge in [0.2, 0.25) is 0 Å². The van der Waals surface area contributed by atoms with Gasteiger partial charge in [0.25, 0.3) is 6.43 Å². The summed E-state index contributed by atoms with van der Waals surface area (Å²) in [5.41, 5.74) is 0.